The van der Waals surface area contributed by atoms with E-state index in [1.54, 1.807) is 18.9 Å². The van der Waals surface area contributed by atoms with Crippen LogP contribution in [0.15, 0.2) is 29.2 Å². The number of thioether (sulfide) groups is 1. The van der Waals surface area contributed by atoms with Crippen molar-refractivity contribution in [3.63, 3.8) is 0 Å². The molecule has 0 aliphatic carbocycles. The predicted octanol–water partition coefficient (Wildman–Crippen LogP) is 2.19. The molecule has 0 bridgehead atoms. The Morgan fingerprint density at radius 3 is 2.53 bits per heavy atom. The molecule has 0 amide bonds. The molecule has 0 aliphatic heterocycles. The van der Waals surface area contributed by atoms with Crippen molar-refractivity contribution in [1.82, 2.24) is 5.32 Å². The molecule has 1 aromatic carbocycles. The Hall–Kier alpha value is -0.510. The van der Waals surface area contributed by atoms with Crippen molar-refractivity contribution in [2.75, 3.05) is 33.1 Å². The van der Waals surface area contributed by atoms with Gasteiger partial charge in [-0.25, -0.2) is 0 Å². The highest BCUT2D eigenvalue weighted by Gasteiger charge is 1.93. The number of benzene rings is 1. The minimum absolute atomic E-state index is 0.783. The maximum absolute atomic E-state index is 4.96. The summed E-state index contributed by atoms with van der Waals surface area (Å²) in [7, 11) is 1.73. The standard InChI is InChI=1S/C12H19NOS/c1-14-10-9-13-8-7-11-3-5-12(15-2)6-4-11/h3-6,13H,7-10H2,1-2H3. The maximum atomic E-state index is 4.96. The van der Waals surface area contributed by atoms with Crippen LogP contribution in [0.3, 0.4) is 0 Å². The zero-order chi connectivity index (χ0) is 10.9. The van der Waals surface area contributed by atoms with Crippen LogP contribution < -0.4 is 5.32 Å². The molecule has 0 unspecified atom stereocenters. The average Bonchev–Trinajstić information content (AvgIpc) is 2.30. The minimum atomic E-state index is 0.783. The van der Waals surface area contributed by atoms with Gasteiger partial charge in [0, 0.05) is 18.6 Å². The smallest absolute Gasteiger partial charge is 0.0587 e. The number of methoxy groups -OCH3 is 1. The van der Waals surface area contributed by atoms with Crippen LogP contribution in [-0.2, 0) is 11.2 Å². The van der Waals surface area contributed by atoms with Gasteiger partial charge in [-0.2, -0.15) is 0 Å². The predicted molar refractivity (Wildman–Crippen MR) is 66.7 cm³/mol. The Labute approximate surface area is 96.4 Å². The van der Waals surface area contributed by atoms with Crippen molar-refractivity contribution in [2.45, 2.75) is 11.3 Å². The molecule has 0 heterocycles. The molecule has 0 fully saturated rings. The molecular weight excluding hydrogens is 206 g/mol. The van der Waals surface area contributed by atoms with Gasteiger partial charge in [0.15, 0.2) is 0 Å². The summed E-state index contributed by atoms with van der Waals surface area (Å²) in [6, 6.07) is 8.75. The van der Waals surface area contributed by atoms with Crippen molar-refractivity contribution < 1.29 is 4.74 Å². The van der Waals surface area contributed by atoms with Gasteiger partial charge in [0.1, 0.15) is 0 Å². The number of hydrogen-bond donors (Lipinski definition) is 1. The van der Waals surface area contributed by atoms with Gasteiger partial charge in [-0.1, -0.05) is 12.1 Å². The first kappa shape index (κ1) is 12.6. The van der Waals surface area contributed by atoms with Gasteiger partial charge in [0.05, 0.1) is 6.61 Å². The van der Waals surface area contributed by atoms with Crippen LogP contribution in [0.2, 0.25) is 0 Å². The quantitative estimate of drug-likeness (QED) is 0.568. The summed E-state index contributed by atoms with van der Waals surface area (Å²) in [5.74, 6) is 0. The Bertz CT molecular complexity index is 261. The van der Waals surface area contributed by atoms with Gasteiger partial charge in [0.25, 0.3) is 0 Å². The molecule has 0 atom stereocenters. The first-order chi connectivity index (χ1) is 7.36. The summed E-state index contributed by atoms with van der Waals surface area (Å²) in [5, 5.41) is 3.33. The molecule has 1 aromatic rings. The molecule has 0 aromatic heterocycles. The topological polar surface area (TPSA) is 21.3 Å². The highest BCUT2D eigenvalue weighted by molar-refractivity contribution is 7.98. The van der Waals surface area contributed by atoms with E-state index in [9.17, 15) is 0 Å². The highest BCUT2D eigenvalue weighted by Crippen LogP contribution is 2.14. The monoisotopic (exact) mass is 225 g/mol. The lowest BCUT2D eigenvalue weighted by molar-refractivity contribution is 0.199. The average molecular weight is 225 g/mol. The van der Waals surface area contributed by atoms with Gasteiger partial charge < -0.3 is 10.1 Å². The van der Waals surface area contributed by atoms with Crippen LogP contribution >= 0.6 is 11.8 Å². The second-order valence-corrected chi connectivity index (χ2v) is 4.22. The molecule has 0 saturated carbocycles. The lowest BCUT2D eigenvalue weighted by Gasteiger charge is -2.04. The fourth-order valence-corrected chi connectivity index (χ4v) is 1.73. The lowest BCUT2D eigenvalue weighted by Crippen LogP contribution is -2.21. The fourth-order valence-electron chi connectivity index (χ4n) is 1.32. The zero-order valence-electron chi connectivity index (χ0n) is 9.45. The summed E-state index contributed by atoms with van der Waals surface area (Å²) in [4.78, 5) is 1.33. The van der Waals surface area contributed by atoms with E-state index in [-0.39, 0.29) is 0 Å². The van der Waals surface area contributed by atoms with Crippen molar-refractivity contribution in [3.8, 4) is 0 Å². The van der Waals surface area contributed by atoms with Crippen LogP contribution in [-0.4, -0.2) is 33.1 Å². The van der Waals surface area contributed by atoms with E-state index in [2.05, 4.69) is 35.8 Å². The van der Waals surface area contributed by atoms with Crippen molar-refractivity contribution in [3.05, 3.63) is 29.8 Å². The van der Waals surface area contributed by atoms with Gasteiger partial charge in [-0.15, -0.1) is 11.8 Å². The number of nitrogens with one attached hydrogen (secondary N) is 1. The molecule has 0 aliphatic rings. The Balaban J connectivity index is 2.20. The van der Waals surface area contributed by atoms with Crippen LogP contribution in [0.1, 0.15) is 5.56 Å². The van der Waals surface area contributed by atoms with Crippen molar-refractivity contribution in [1.29, 1.82) is 0 Å². The molecular formula is C12H19NOS. The zero-order valence-corrected chi connectivity index (χ0v) is 10.3. The normalized spacial score (nSPS) is 10.5. The molecule has 1 rings (SSSR count). The Morgan fingerprint density at radius 1 is 1.20 bits per heavy atom. The Morgan fingerprint density at radius 2 is 1.93 bits per heavy atom. The summed E-state index contributed by atoms with van der Waals surface area (Å²) in [6.07, 6.45) is 3.18. The second kappa shape index (κ2) is 7.74. The number of hydrogen-bond acceptors (Lipinski definition) is 3. The first-order valence-electron chi connectivity index (χ1n) is 5.19. The third-order valence-corrected chi connectivity index (χ3v) is 2.98. The van der Waals surface area contributed by atoms with E-state index in [0.29, 0.717) is 0 Å². The summed E-state index contributed by atoms with van der Waals surface area (Å²) in [5.41, 5.74) is 1.39. The van der Waals surface area contributed by atoms with Crippen molar-refractivity contribution >= 4 is 11.8 Å². The van der Waals surface area contributed by atoms with Gasteiger partial charge in [-0.05, 0) is 36.9 Å². The van der Waals surface area contributed by atoms with Crippen LogP contribution in [0.4, 0.5) is 0 Å². The minimum Gasteiger partial charge on any atom is -0.383 e. The Kier molecular flexibility index (Phi) is 6.48. The molecule has 15 heavy (non-hydrogen) atoms. The molecule has 1 N–H and O–H groups in total. The van der Waals surface area contributed by atoms with E-state index in [0.717, 1.165) is 26.1 Å². The number of ether oxygens (including phenoxy) is 1. The van der Waals surface area contributed by atoms with E-state index < -0.39 is 0 Å². The second-order valence-electron chi connectivity index (χ2n) is 3.34. The lowest BCUT2D eigenvalue weighted by atomic mass is 10.1. The highest BCUT2D eigenvalue weighted by atomic mass is 32.2. The fraction of sp³-hybridized carbons (Fsp3) is 0.500. The number of rotatable bonds is 7. The first-order valence-corrected chi connectivity index (χ1v) is 6.42. The molecule has 84 valence electrons. The maximum Gasteiger partial charge on any atom is 0.0587 e. The third kappa shape index (κ3) is 5.21. The third-order valence-electron chi connectivity index (χ3n) is 2.23. The van der Waals surface area contributed by atoms with Gasteiger partial charge in [0.2, 0.25) is 0 Å². The van der Waals surface area contributed by atoms with Crippen LogP contribution in [0.5, 0.6) is 0 Å². The summed E-state index contributed by atoms with van der Waals surface area (Å²) >= 11 is 1.78. The SMILES string of the molecule is COCCNCCc1ccc(SC)cc1. The van der Waals surface area contributed by atoms with Gasteiger partial charge >= 0.3 is 0 Å². The summed E-state index contributed by atoms with van der Waals surface area (Å²) in [6.45, 7) is 2.73. The largest absolute Gasteiger partial charge is 0.383 e. The molecule has 2 nitrogen and oxygen atoms in total. The van der Waals surface area contributed by atoms with E-state index in [4.69, 9.17) is 4.74 Å². The van der Waals surface area contributed by atoms with Gasteiger partial charge in [-0.3, -0.25) is 0 Å². The summed E-state index contributed by atoms with van der Waals surface area (Å²) < 4.78 is 4.96. The molecule has 0 radical (unpaired) electrons. The van der Waals surface area contributed by atoms with E-state index in [1.165, 1.54) is 10.5 Å². The van der Waals surface area contributed by atoms with Crippen molar-refractivity contribution in [2.24, 2.45) is 0 Å². The van der Waals surface area contributed by atoms with E-state index in [1.807, 2.05) is 0 Å². The molecule has 3 heteroatoms. The van der Waals surface area contributed by atoms with Crippen LogP contribution in [0.25, 0.3) is 0 Å². The molecule has 0 saturated heterocycles. The van der Waals surface area contributed by atoms with Crippen LogP contribution in [0, 0.1) is 0 Å². The van der Waals surface area contributed by atoms with E-state index >= 15 is 0 Å². The molecule has 0 spiro atoms.